The zero-order valence-corrected chi connectivity index (χ0v) is 14.9. The second kappa shape index (κ2) is 6.78. The van der Waals surface area contributed by atoms with Gasteiger partial charge < -0.3 is 5.32 Å². The summed E-state index contributed by atoms with van der Waals surface area (Å²) in [6.07, 6.45) is 1.70. The van der Waals surface area contributed by atoms with Gasteiger partial charge in [0, 0.05) is 16.8 Å². The van der Waals surface area contributed by atoms with Crippen molar-refractivity contribution in [3.8, 4) is 11.4 Å². The van der Waals surface area contributed by atoms with Crippen molar-refractivity contribution in [3.05, 3.63) is 82.5 Å². The molecule has 0 aliphatic carbocycles. The summed E-state index contributed by atoms with van der Waals surface area (Å²) in [5.74, 6) is 0.361. The van der Waals surface area contributed by atoms with Gasteiger partial charge in [0.05, 0.1) is 16.3 Å². The van der Waals surface area contributed by atoms with Crippen LogP contribution in [-0.2, 0) is 0 Å². The first kappa shape index (κ1) is 16.6. The SMILES string of the molecule is O=C(Nc1ccccc1Cl)c1ccc2nnc(-c3ccc(Cl)cc3)n2c1. The van der Waals surface area contributed by atoms with Gasteiger partial charge in [0.2, 0.25) is 0 Å². The van der Waals surface area contributed by atoms with Gasteiger partial charge in [-0.1, -0.05) is 35.3 Å². The van der Waals surface area contributed by atoms with Crippen LogP contribution >= 0.6 is 23.2 Å². The van der Waals surface area contributed by atoms with Crippen molar-refractivity contribution in [1.29, 1.82) is 0 Å². The summed E-state index contributed by atoms with van der Waals surface area (Å²) in [4.78, 5) is 12.6. The third-order valence-corrected chi connectivity index (χ3v) is 4.47. The fourth-order valence-electron chi connectivity index (χ4n) is 2.58. The van der Waals surface area contributed by atoms with Gasteiger partial charge in [-0.25, -0.2) is 0 Å². The van der Waals surface area contributed by atoms with E-state index in [0.29, 0.717) is 32.8 Å². The lowest BCUT2D eigenvalue weighted by Crippen LogP contribution is -2.13. The summed E-state index contributed by atoms with van der Waals surface area (Å²) in [7, 11) is 0. The molecule has 2 heterocycles. The van der Waals surface area contributed by atoms with Crippen molar-refractivity contribution >= 4 is 40.4 Å². The molecule has 26 heavy (non-hydrogen) atoms. The lowest BCUT2D eigenvalue weighted by molar-refractivity contribution is 0.102. The van der Waals surface area contributed by atoms with E-state index in [1.165, 1.54) is 0 Å². The van der Waals surface area contributed by atoms with Crippen LogP contribution in [0.25, 0.3) is 17.0 Å². The number of hydrogen-bond acceptors (Lipinski definition) is 3. The number of fused-ring (bicyclic) bond motifs is 1. The lowest BCUT2D eigenvalue weighted by atomic mass is 10.2. The van der Waals surface area contributed by atoms with Gasteiger partial charge in [-0.05, 0) is 48.5 Å². The number of nitrogens with zero attached hydrogens (tertiary/aromatic N) is 3. The molecule has 2 aromatic heterocycles. The third kappa shape index (κ3) is 3.14. The Hall–Kier alpha value is -2.89. The highest BCUT2D eigenvalue weighted by molar-refractivity contribution is 6.33. The zero-order valence-electron chi connectivity index (χ0n) is 13.4. The second-order valence-electron chi connectivity index (χ2n) is 5.61. The van der Waals surface area contributed by atoms with Crippen molar-refractivity contribution < 1.29 is 4.79 Å². The Labute approximate surface area is 159 Å². The molecule has 0 aliphatic rings. The van der Waals surface area contributed by atoms with Crippen LogP contribution in [0.15, 0.2) is 66.9 Å². The van der Waals surface area contributed by atoms with Gasteiger partial charge in [-0.15, -0.1) is 10.2 Å². The summed E-state index contributed by atoms with van der Waals surface area (Å²) >= 11 is 12.0. The minimum atomic E-state index is -0.268. The maximum Gasteiger partial charge on any atom is 0.257 e. The van der Waals surface area contributed by atoms with E-state index in [2.05, 4.69) is 15.5 Å². The quantitative estimate of drug-likeness (QED) is 0.544. The molecule has 0 aliphatic heterocycles. The molecular weight excluding hydrogens is 371 g/mol. The van der Waals surface area contributed by atoms with E-state index >= 15 is 0 Å². The Balaban J connectivity index is 1.71. The van der Waals surface area contributed by atoms with Crippen LogP contribution in [-0.4, -0.2) is 20.5 Å². The number of anilines is 1. The number of carbonyl (C=O) groups excluding carboxylic acids is 1. The van der Waals surface area contributed by atoms with Crippen LogP contribution in [0.4, 0.5) is 5.69 Å². The van der Waals surface area contributed by atoms with Crippen molar-refractivity contribution in [2.24, 2.45) is 0 Å². The molecule has 1 amide bonds. The van der Waals surface area contributed by atoms with Gasteiger partial charge in [-0.3, -0.25) is 9.20 Å². The largest absolute Gasteiger partial charge is 0.321 e. The third-order valence-electron chi connectivity index (χ3n) is 3.89. The van der Waals surface area contributed by atoms with Crippen LogP contribution in [0.1, 0.15) is 10.4 Å². The molecule has 0 radical (unpaired) electrons. The van der Waals surface area contributed by atoms with Crippen LogP contribution in [0.2, 0.25) is 10.0 Å². The van der Waals surface area contributed by atoms with E-state index in [9.17, 15) is 4.79 Å². The average Bonchev–Trinajstić information content (AvgIpc) is 3.07. The Morgan fingerprint density at radius 1 is 0.923 bits per heavy atom. The number of nitrogens with one attached hydrogen (secondary N) is 1. The number of carbonyl (C=O) groups is 1. The molecule has 0 spiro atoms. The lowest BCUT2D eigenvalue weighted by Gasteiger charge is -2.08. The number of pyridine rings is 1. The van der Waals surface area contributed by atoms with Gasteiger partial charge in [0.1, 0.15) is 0 Å². The minimum absolute atomic E-state index is 0.268. The number of para-hydroxylation sites is 1. The van der Waals surface area contributed by atoms with Crippen molar-refractivity contribution in [2.75, 3.05) is 5.32 Å². The van der Waals surface area contributed by atoms with Crippen LogP contribution in [0.5, 0.6) is 0 Å². The first-order valence-electron chi connectivity index (χ1n) is 7.78. The molecular formula is C19H12Cl2N4O. The standard InChI is InChI=1S/C19H12Cl2N4O/c20-14-8-5-12(6-9-14)18-24-23-17-10-7-13(11-25(17)18)19(26)22-16-4-2-1-3-15(16)21/h1-11H,(H,22,26). The molecule has 5 nitrogen and oxygen atoms in total. The highest BCUT2D eigenvalue weighted by Crippen LogP contribution is 2.23. The van der Waals surface area contributed by atoms with E-state index in [1.807, 2.05) is 18.2 Å². The smallest absolute Gasteiger partial charge is 0.257 e. The molecule has 1 N–H and O–H groups in total. The van der Waals surface area contributed by atoms with E-state index in [1.54, 1.807) is 53.1 Å². The predicted octanol–water partition coefficient (Wildman–Crippen LogP) is 4.96. The number of amides is 1. The van der Waals surface area contributed by atoms with Crippen LogP contribution in [0, 0.1) is 0 Å². The minimum Gasteiger partial charge on any atom is -0.321 e. The van der Waals surface area contributed by atoms with Crippen molar-refractivity contribution in [1.82, 2.24) is 14.6 Å². The Kier molecular flexibility index (Phi) is 4.32. The molecule has 0 saturated carbocycles. The highest BCUT2D eigenvalue weighted by atomic mass is 35.5. The number of rotatable bonds is 3. The summed E-state index contributed by atoms with van der Waals surface area (Å²) < 4.78 is 1.77. The summed E-state index contributed by atoms with van der Waals surface area (Å²) in [5, 5.41) is 12.3. The Morgan fingerprint density at radius 2 is 1.69 bits per heavy atom. The summed E-state index contributed by atoms with van der Waals surface area (Å²) in [5.41, 5.74) is 2.52. The topological polar surface area (TPSA) is 59.3 Å². The van der Waals surface area contributed by atoms with Gasteiger partial charge in [0.25, 0.3) is 5.91 Å². The second-order valence-corrected chi connectivity index (χ2v) is 6.45. The molecule has 2 aromatic carbocycles. The zero-order chi connectivity index (χ0) is 18.1. The summed E-state index contributed by atoms with van der Waals surface area (Å²) in [6.45, 7) is 0. The molecule has 128 valence electrons. The first-order chi connectivity index (χ1) is 12.6. The Morgan fingerprint density at radius 3 is 2.46 bits per heavy atom. The molecule has 0 unspecified atom stereocenters. The molecule has 0 saturated heterocycles. The highest BCUT2D eigenvalue weighted by Gasteiger charge is 2.13. The van der Waals surface area contributed by atoms with Crippen molar-refractivity contribution in [3.63, 3.8) is 0 Å². The van der Waals surface area contributed by atoms with Gasteiger partial charge in [0.15, 0.2) is 11.5 Å². The maximum absolute atomic E-state index is 12.6. The predicted molar refractivity (Wildman–Crippen MR) is 103 cm³/mol. The number of aromatic nitrogens is 3. The van der Waals surface area contributed by atoms with Gasteiger partial charge in [-0.2, -0.15) is 0 Å². The fourth-order valence-corrected chi connectivity index (χ4v) is 2.89. The first-order valence-corrected chi connectivity index (χ1v) is 8.54. The molecule has 0 atom stereocenters. The van der Waals surface area contributed by atoms with Crippen LogP contribution < -0.4 is 5.32 Å². The number of halogens is 2. The van der Waals surface area contributed by atoms with Crippen LogP contribution in [0.3, 0.4) is 0 Å². The fraction of sp³-hybridized carbons (Fsp3) is 0. The maximum atomic E-state index is 12.6. The molecule has 0 bridgehead atoms. The molecule has 4 aromatic rings. The normalized spacial score (nSPS) is 10.8. The summed E-state index contributed by atoms with van der Waals surface area (Å²) in [6, 6.07) is 17.8. The number of benzene rings is 2. The Bertz CT molecular complexity index is 1110. The molecule has 7 heteroatoms. The van der Waals surface area contributed by atoms with E-state index in [4.69, 9.17) is 23.2 Å². The average molecular weight is 383 g/mol. The van der Waals surface area contributed by atoms with E-state index in [0.717, 1.165) is 5.56 Å². The number of hydrogen-bond donors (Lipinski definition) is 1. The van der Waals surface area contributed by atoms with Gasteiger partial charge >= 0.3 is 0 Å². The molecule has 0 fully saturated rings. The molecule has 4 rings (SSSR count). The van der Waals surface area contributed by atoms with Crippen molar-refractivity contribution in [2.45, 2.75) is 0 Å². The van der Waals surface area contributed by atoms with E-state index < -0.39 is 0 Å². The monoisotopic (exact) mass is 382 g/mol. The van der Waals surface area contributed by atoms with E-state index in [-0.39, 0.29) is 5.91 Å².